The van der Waals surface area contributed by atoms with Crippen molar-refractivity contribution in [3.63, 3.8) is 0 Å². The van der Waals surface area contributed by atoms with Crippen molar-refractivity contribution in [3.8, 4) is 22.8 Å². The average molecular weight is 614 g/mol. The highest BCUT2D eigenvalue weighted by molar-refractivity contribution is 5.89. The van der Waals surface area contributed by atoms with Crippen molar-refractivity contribution in [2.45, 2.75) is 110 Å². The van der Waals surface area contributed by atoms with E-state index in [9.17, 15) is 18.0 Å². The minimum Gasteiger partial charge on any atom is -0.496 e. The van der Waals surface area contributed by atoms with Crippen LogP contribution >= 0.6 is 0 Å². The number of fused-ring (bicyclic) bond motifs is 1. The van der Waals surface area contributed by atoms with E-state index in [-0.39, 0.29) is 18.4 Å². The molecule has 1 aliphatic rings. The molecule has 1 aromatic heterocycles. The standard InChI is InChI=1S/C36H46F3NO4/c1-7-9-11-13-25-14-17-28(31(21-25)42-6)30-22-26-15-16-27(23-29(26)40(30)20-12-10-8-2)43-32-18-19-33(44-34(41)24(3)4)35(32,5)36(37,38)39/h14-17,21-23,32-33H,3,7-13,18-20H2,1-2,4-6H3. The van der Waals surface area contributed by atoms with Crippen molar-refractivity contribution in [2.75, 3.05) is 7.11 Å². The Bertz CT molecular complexity index is 1460. The molecule has 1 saturated carbocycles. The first-order valence-corrected chi connectivity index (χ1v) is 15.8. The third-order valence-electron chi connectivity index (χ3n) is 8.99. The van der Waals surface area contributed by atoms with Crippen LogP contribution in [0, 0.1) is 5.41 Å². The molecule has 0 spiro atoms. The van der Waals surface area contributed by atoms with E-state index in [0.29, 0.717) is 5.75 Å². The second-order valence-electron chi connectivity index (χ2n) is 12.2. The van der Waals surface area contributed by atoms with E-state index in [2.05, 4.69) is 49.3 Å². The van der Waals surface area contributed by atoms with Crippen LogP contribution in [0.25, 0.3) is 22.2 Å². The van der Waals surface area contributed by atoms with Gasteiger partial charge in [0.25, 0.3) is 0 Å². The number of halogens is 3. The predicted molar refractivity (Wildman–Crippen MR) is 169 cm³/mol. The highest BCUT2D eigenvalue weighted by Crippen LogP contribution is 2.53. The number of methoxy groups -OCH3 is 1. The molecule has 0 N–H and O–H groups in total. The quantitative estimate of drug-likeness (QED) is 0.103. The summed E-state index contributed by atoms with van der Waals surface area (Å²) < 4.78 is 63.2. The fourth-order valence-electron chi connectivity index (χ4n) is 6.21. The molecule has 3 unspecified atom stereocenters. The third-order valence-corrected chi connectivity index (χ3v) is 8.99. The molecule has 0 radical (unpaired) electrons. The van der Waals surface area contributed by atoms with Gasteiger partial charge in [-0.3, -0.25) is 0 Å². The molecular formula is C36H46F3NO4. The Kier molecular flexibility index (Phi) is 10.7. The molecule has 5 nitrogen and oxygen atoms in total. The van der Waals surface area contributed by atoms with Gasteiger partial charge in [0.2, 0.25) is 0 Å². The maximum Gasteiger partial charge on any atom is 0.401 e. The summed E-state index contributed by atoms with van der Waals surface area (Å²) in [6, 6.07) is 14.0. The van der Waals surface area contributed by atoms with E-state index in [1.807, 2.05) is 12.1 Å². The van der Waals surface area contributed by atoms with Crippen LogP contribution in [-0.2, 0) is 22.5 Å². The predicted octanol–water partition coefficient (Wildman–Crippen LogP) is 9.84. The van der Waals surface area contributed by atoms with Gasteiger partial charge in [0.15, 0.2) is 0 Å². The van der Waals surface area contributed by atoms with Crippen LogP contribution in [0.5, 0.6) is 11.5 Å². The number of unbranched alkanes of at least 4 members (excludes halogenated alkanes) is 4. The first-order valence-electron chi connectivity index (χ1n) is 15.8. The van der Waals surface area contributed by atoms with Crippen LogP contribution in [-0.4, -0.2) is 36.0 Å². The second kappa shape index (κ2) is 14.1. The van der Waals surface area contributed by atoms with Crippen molar-refractivity contribution in [3.05, 3.63) is 60.2 Å². The van der Waals surface area contributed by atoms with Gasteiger partial charge in [0, 0.05) is 29.1 Å². The van der Waals surface area contributed by atoms with Crippen molar-refractivity contribution in [1.82, 2.24) is 4.57 Å². The number of benzene rings is 2. The molecule has 0 aliphatic heterocycles. The van der Waals surface area contributed by atoms with Crippen LogP contribution in [0.3, 0.4) is 0 Å². The fourth-order valence-corrected chi connectivity index (χ4v) is 6.21. The molecule has 4 rings (SSSR count). The Morgan fingerprint density at radius 2 is 1.70 bits per heavy atom. The van der Waals surface area contributed by atoms with Crippen LogP contribution in [0.15, 0.2) is 54.6 Å². The highest BCUT2D eigenvalue weighted by atomic mass is 19.4. The number of aryl methyl sites for hydroxylation is 2. The molecule has 0 amide bonds. The average Bonchev–Trinajstić information content (AvgIpc) is 3.50. The van der Waals surface area contributed by atoms with Gasteiger partial charge >= 0.3 is 12.1 Å². The van der Waals surface area contributed by atoms with E-state index in [0.717, 1.165) is 79.9 Å². The fraction of sp³-hybridized carbons (Fsp3) is 0.528. The Balaban J connectivity index is 1.70. The van der Waals surface area contributed by atoms with Crippen LogP contribution in [0.4, 0.5) is 13.2 Å². The lowest BCUT2D eigenvalue weighted by molar-refractivity contribution is -0.262. The summed E-state index contributed by atoms with van der Waals surface area (Å²) in [6.07, 6.45) is 0.480. The molecule has 44 heavy (non-hydrogen) atoms. The molecule has 3 atom stereocenters. The lowest BCUT2D eigenvalue weighted by Gasteiger charge is -2.37. The number of nitrogens with zero attached hydrogens (tertiary/aromatic N) is 1. The number of ether oxygens (including phenoxy) is 3. The van der Waals surface area contributed by atoms with Gasteiger partial charge in [0.05, 0.1) is 18.3 Å². The Hall–Kier alpha value is -3.42. The van der Waals surface area contributed by atoms with Gasteiger partial charge in [-0.2, -0.15) is 13.2 Å². The number of hydrogen-bond donors (Lipinski definition) is 0. The number of hydrogen-bond acceptors (Lipinski definition) is 4. The number of carbonyl (C=O) groups excluding carboxylic acids is 1. The summed E-state index contributed by atoms with van der Waals surface area (Å²) in [6.45, 7) is 11.1. The lowest BCUT2D eigenvalue weighted by atomic mass is 9.83. The molecule has 1 fully saturated rings. The number of alkyl halides is 3. The summed E-state index contributed by atoms with van der Waals surface area (Å²) in [4.78, 5) is 12.2. The van der Waals surface area contributed by atoms with Gasteiger partial charge in [-0.1, -0.05) is 52.2 Å². The number of carbonyl (C=O) groups is 1. The van der Waals surface area contributed by atoms with E-state index < -0.39 is 29.8 Å². The third kappa shape index (κ3) is 6.94. The highest BCUT2D eigenvalue weighted by Gasteiger charge is 2.66. The molecule has 8 heteroatoms. The first-order chi connectivity index (χ1) is 20.9. The molecule has 2 aromatic carbocycles. The molecule has 3 aromatic rings. The van der Waals surface area contributed by atoms with Gasteiger partial charge < -0.3 is 18.8 Å². The zero-order chi connectivity index (χ0) is 32.1. The zero-order valence-electron chi connectivity index (χ0n) is 26.7. The molecule has 0 bridgehead atoms. The maximum atomic E-state index is 14.6. The molecule has 1 aliphatic carbocycles. The summed E-state index contributed by atoms with van der Waals surface area (Å²) in [5, 5.41) is 0.969. The Labute approximate surface area is 259 Å². The Morgan fingerprint density at radius 3 is 2.36 bits per heavy atom. The van der Waals surface area contributed by atoms with Crippen molar-refractivity contribution < 1.29 is 32.2 Å². The van der Waals surface area contributed by atoms with Crippen molar-refractivity contribution in [2.24, 2.45) is 5.41 Å². The van der Waals surface area contributed by atoms with Crippen molar-refractivity contribution in [1.29, 1.82) is 0 Å². The minimum absolute atomic E-state index is 0.0493. The molecule has 0 saturated heterocycles. The van der Waals surface area contributed by atoms with Crippen LogP contribution in [0.2, 0.25) is 0 Å². The van der Waals surface area contributed by atoms with Crippen molar-refractivity contribution >= 4 is 16.9 Å². The number of esters is 1. The largest absolute Gasteiger partial charge is 0.496 e. The van der Waals surface area contributed by atoms with Gasteiger partial charge in [-0.15, -0.1) is 0 Å². The Morgan fingerprint density at radius 1 is 1.00 bits per heavy atom. The monoisotopic (exact) mass is 613 g/mol. The minimum atomic E-state index is -4.65. The summed E-state index contributed by atoms with van der Waals surface area (Å²) >= 11 is 0. The topological polar surface area (TPSA) is 49.7 Å². The molecule has 1 heterocycles. The van der Waals surface area contributed by atoms with Crippen LogP contribution in [0.1, 0.15) is 84.6 Å². The lowest BCUT2D eigenvalue weighted by Crippen LogP contribution is -2.51. The van der Waals surface area contributed by atoms with E-state index in [1.165, 1.54) is 18.9 Å². The SMILES string of the molecule is C=C(C)C(=O)OC1CCC(Oc2ccc3cc(-c4ccc(CCCCC)cc4OC)n(CCCCC)c3c2)C1(C)C(F)(F)F. The number of aromatic nitrogens is 1. The first kappa shape index (κ1) is 33.5. The van der Waals surface area contributed by atoms with E-state index in [1.54, 1.807) is 13.2 Å². The number of rotatable bonds is 14. The summed E-state index contributed by atoms with van der Waals surface area (Å²) in [5.74, 6) is 0.330. The van der Waals surface area contributed by atoms with E-state index in [4.69, 9.17) is 14.2 Å². The van der Waals surface area contributed by atoms with E-state index >= 15 is 0 Å². The van der Waals surface area contributed by atoms with Gasteiger partial charge in [0.1, 0.15) is 29.1 Å². The van der Waals surface area contributed by atoms with Gasteiger partial charge in [-0.05, 0) is 81.8 Å². The molecular weight excluding hydrogens is 567 g/mol. The smallest absolute Gasteiger partial charge is 0.401 e. The van der Waals surface area contributed by atoms with Crippen LogP contribution < -0.4 is 9.47 Å². The zero-order valence-corrected chi connectivity index (χ0v) is 26.7. The summed E-state index contributed by atoms with van der Waals surface area (Å²) in [5.41, 5.74) is 1.79. The second-order valence-corrected chi connectivity index (χ2v) is 12.2. The summed E-state index contributed by atoms with van der Waals surface area (Å²) in [7, 11) is 1.69. The van der Waals surface area contributed by atoms with Gasteiger partial charge in [-0.25, -0.2) is 4.79 Å². The molecule has 240 valence electrons. The normalized spacial score (nSPS) is 20.2. The maximum absolute atomic E-state index is 14.6.